The second kappa shape index (κ2) is 7.87. The lowest BCUT2D eigenvalue weighted by atomic mass is 10.1. The Morgan fingerprint density at radius 3 is 2.90 bits per heavy atom. The maximum Gasteiger partial charge on any atom is 0.137 e. The van der Waals surface area contributed by atoms with E-state index in [0.29, 0.717) is 11.1 Å². The van der Waals surface area contributed by atoms with Gasteiger partial charge in [0.2, 0.25) is 0 Å². The topological polar surface area (TPSA) is 21.7 Å². The third-order valence-electron chi connectivity index (χ3n) is 3.78. The molecule has 20 heavy (non-hydrogen) atoms. The molecular weight excluding hydrogens is 274 g/mol. The summed E-state index contributed by atoms with van der Waals surface area (Å²) >= 11 is 6.15. The Labute approximate surface area is 126 Å². The fraction of sp³-hybridized carbons (Fsp3) is 0.625. The van der Waals surface area contributed by atoms with Crippen molar-refractivity contribution < 1.29 is 9.47 Å². The van der Waals surface area contributed by atoms with Crippen molar-refractivity contribution in [1.82, 2.24) is 4.90 Å². The first-order chi connectivity index (χ1) is 9.69. The Kier molecular flexibility index (Phi) is 6.14. The number of nitrogens with zero attached hydrogens (tertiary/aromatic N) is 1. The highest BCUT2D eigenvalue weighted by atomic mass is 35.5. The maximum atomic E-state index is 6.15. The molecule has 0 spiro atoms. The Morgan fingerprint density at radius 1 is 1.40 bits per heavy atom. The number of methoxy groups -OCH3 is 1. The lowest BCUT2D eigenvalue weighted by Gasteiger charge is -2.25. The normalized spacial score (nSPS) is 19.3. The molecule has 1 aliphatic rings. The van der Waals surface area contributed by atoms with E-state index in [4.69, 9.17) is 21.1 Å². The fourth-order valence-electron chi connectivity index (χ4n) is 2.60. The van der Waals surface area contributed by atoms with E-state index < -0.39 is 0 Å². The third-order valence-corrected chi connectivity index (χ3v) is 4.07. The molecular formula is C16H24ClNO2. The van der Waals surface area contributed by atoms with Crippen molar-refractivity contribution in [1.29, 1.82) is 0 Å². The molecule has 1 aromatic carbocycles. The summed E-state index contributed by atoms with van der Waals surface area (Å²) < 4.78 is 10.9. The van der Waals surface area contributed by atoms with Crippen molar-refractivity contribution in [3.8, 4) is 5.75 Å². The van der Waals surface area contributed by atoms with Crippen molar-refractivity contribution >= 4 is 11.6 Å². The summed E-state index contributed by atoms with van der Waals surface area (Å²) in [6, 6.07) is 5.97. The molecule has 1 aromatic rings. The molecule has 112 valence electrons. The van der Waals surface area contributed by atoms with Gasteiger partial charge in [-0.15, -0.1) is 0 Å². The van der Waals surface area contributed by atoms with Gasteiger partial charge in [-0.3, -0.25) is 0 Å². The highest BCUT2D eigenvalue weighted by molar-refractivity contribution is 6.32. The number of rotatable bonds is 6. The molecule has 0 aliphatic carbocycles. The van der Waals surface area contributed by atoms with E-state index >= 15 is 0 Å². The van der Waals surface area contributed by atoms with Gasteiger partial charge < -0.3 is 14.4 Å². The SMILES string of the molecule is COc1ccc(CN(C)CCC2CCCCO2)cc1Cl. The highest BCUT2D eigenvalue weighted by Gasteiger charge is 2.14. The predicted molar refractivity (Wildman–Crippen MR) is 82.5 cm³/mol. The van der Waals surface area contributed by atoms with Crippen molar-refractivity contribution in [2.45, 2.75) is 38.3 Å². The van der Waals surface area contributed by atoms with Gasteiger partial charge in [0.15, 0.2) is 0 Å². The van der Waals surface area contributed by atoms with Gasteiger partial charge >= 0.3 is 0 Å². The zero-order valence-electron chi connectivity index (χ0n) is 12.4. The van der Waals surface area contributed by atoms with Crippen LogP contribution in [0.15, 0.2) is 18.2 Å². The summed E-state index contributed by atoms with van der Waals surface area (Å²) in [6.07, 6.45) is 5.30. The second-order valence-corrected chi connectivity index (χ2v) is 5.89. The van der Waals surface area contributed by atoms with Crippen LogP contribution in [0.4, 0.5) is 0 Å². The van der Waals surface area contributed by atoms with Crippen LogP contribution in [-0.4, -0.2) is 38.3 Å². The Morgan fingerprint density at radius 2 is 2.25 bits per heavy atom. The lowest BCUT2D eigenvalue weighted by Crippen LogP contribution is -2.26. The minimum absolute atomic E-state index is 0.450. The standard InChI is InChI=1S/C16H24ClNO2/c1-18(9-8-14-5-3-4-10-20-14)12-13-6-7-16(19-2)15(17)11-13/h6-7,11,14H,3-5,8-10,12H2,1-2H3. The largest absolute Gasteiger partial charge is 0.495 e. The fourth-order valence-corrected chi connectivity index (χ4v) is 2.88. The summed E-state index contributed by atoms with van der Waals surface area (Å²) in [5.41, 5.74) is 1.21. The van der Waals surface area contributed by atoms with Crippen LogP contribution < -0.4 is 4.74 Å². The molecule has 4 heteroatoms. The maximum absolute atomic E-state index is 6.15. The third kappa shape index (κ3) is 4.65. The molecule has 1 saturated heterocycles. The molecule has 1 heterocycles. The minimum atomic E-state index is 0.450. The summed E-state index contributed by atoms with van der Waals surface area (Å²) in [5, 5.41) is 0.675. The molecule has 0 aromatic heterocycles. The quantitative estimate of drug-likeness (QED) is 0.798. The molecule has 0 radical (unpaired) electrons. The van der Waals surface area contributed by atoms with Crippen LogP contribution in [0.1, 0.15) is 31.2 Å². The van der Waals surface area contributed by atoms with Gasteiger partial charge in [-0.05, 0) is 50.4 Å². The first-order valence-electron chi connectivity index (χ1n) is 7.31. The van der Waals surface area contributed by atoms with Gasteiger partial charge in [0, 0.05) is 19.7 Å². The van der Waals surface area contributed by atoms with Crippen LogP contribution in [0.3, 0.4) is 0 Å². The zero-order valence-corrected chi connectivity index (χ0v) is 13.2. The smallest absolute Gasteiger partial charge is 0.137 e. The molecule has 2 rings (SSSR count). The minimum Gasteiger partial charge on any atom is -0.495 e. The van der Waals surface area contributed by atoms with Crippen molar-refractivity contribution in [3.63, 3.8) is 0 Å². The van der Waals surface area contributed by atoms with E-state index in [1.54, 1.807) is 7.11 Å². The molecule has 1 atom stereocenters. The molecule has 1 unspecified atom stereocenters. The molecule has 0 saturated carbocycles. The van der Waals surface area contributed by atoms with Gasteiger partial charge in [-0.25, -0.2) is 0 Å². The summed E-state index contributed by atoms with van der Waals surface area (Å²) in [7, 11) is 3.78. The lowest BCUT2D eigenvalue weighted by molar-refractivity contribution is 0.00641. The first kappa shape index (κ1) is 15.6. The second-order valence-electron chi connectivity index (χ2n) is 5.48. The Hall–Kier alpha value is -0.770. The molecule has 3 nitrogen and oxygen atoms in total. The molecule has 1 fully saturated rings. The van der Waals surface area contributed by atoms with Crippen molar-refractivity contribution in [2.24, 2.45) is 0 Å². The Balaban J connectivity index is 1.78. The van der Waals surface area contributed by atoms with E-state index in [2.05, 4.69) is 18.0 Å². The van der Waals surface area contributed by atoms with E-state index in [9.17, 15) is 0 Å². The van der Waals surface area contributed by atoms with Crippen LogP contribution >= 0.6 is 11.6 Å². The van der Waals surface area contributed by atoms with Crippen LogP contribution in [0.5, 0.6) is 5.75 Å². The van der Waals surface area contributed by atoms with E-state index in [1.807, 2.05) is 12.1 Å². The highest BCUT2D eigenvalue weighted by Crippen LogP contribution is 2.25. The van der Waals surface area contributed by atoms with Crippen molar-refractivity contribution in [3.05, 3.63) is 28.8 Å². The van der Waals surface area contributed by atoms with Crippen LogP contribution in [0.2, 0.25) is 5.02 Å². The predicted octanol–water partition coefficient (Wildman–Crippen LogP) is 3.74. The molecule has 0 bridgehead atoms. The first-order valence-corrected chi connectivity index (χ1v) is 7.69. The van der Waals surface area contributed by atoms with E-state index in [1.165, 1.54) is 24.8 Å². The number of hydrogen-bond acceptors (Lipinski definition) is 3. The van der Waals surface area contributed by atoms with Gasteiger partial charge in [0.05, 0.1) is 18.2 Å². The van der Waals surface area contributed by atoms with E-state index in [0.717, 1.165) is 31.9 Å². The number of hydrogen-bond donors (Lipinski definition) is 0. The molecule has 0 amide bonds. The average Bonchev–Trinajstić information content (AvgIpc) is 2.46. The average molecular weight is 298 g/mol. The molecule has 0 N–H and O–H groups in total. The summed E-state index contributed by atoms with van der Waals surface area (Å²) in [4.78, 5) is 2.32. The number of halogens is 1. The van der Waals surface area contributed by atoms with Gasteiger partial charge in [-0.1, -0.05) is 17.7 Å². The molecule has 1 aliphatic heterocycles. The van der Waals surface area contributed by atoms with Crippen LogP contribution in [-0.2, 0) is 11.3 Å². The summed E-state index contributed by atoms with van der Waals surface area (Å²) in [5.74, 6) is 0.730. The Bertz CT molecular complexity index is 419. The van der Waals surface area contributed by atoms with Gasteiger partial charge in [-0.2, -0.15) is 0 Å². The zero-order chi connectivity index (χ0) is 14.4. The monoisotopic (exact) mass is 297 g/mol. The van der Waals surface area contributed by atoms with Crippen LogP contribution in [0, 0.1) is 0 Å². The number of benzene rings is 1. The summed E-state index contributed by atoms with van der Waals surface area (Å²) in [6.45, 7) is 2.88. The van der Waals surface area contributed by atoms with Crippen LogP contribution in [0.25, 0.3) is 0 Å². The number of ether oxygens (including phenoxy) is 2. The van der Waals surface area contributed by atoms with Crippen molar-refractivity contribution in [2.75, 3.05) is 27.3 Å². The van der Waals surface area contributed by atoms with Gasteiger partial charge in [0.1, 0.15) is 5.75 Å². The van der Waals surface area contributed by atoms with E-state index in [-0.39, 0.29) is 0 Å². The van der Waals surface area contributed by atoms with Gasteiger partial charge in [0.25, 0.3) is 0 Å².